The molecule has 1 aromatic rings. The highest BCUT2D eigenvalue weighted by Crippen LogP contribution is 2.13. The average molecular weight is 176 g/mol. The Morgan fingerprint density at radius 1 is 1.38 bits per heavy atom. The van der Waals surface area contributed by atoms with Gasteiger partial charge in [-0.1, -0.05) is 30.3 Å². The summed E-state index contributed by atoms with van der Waals surface area (Å²) >= 11 is 0. The third-order valence-corrected chi connectivity index (χ3v) is 2.20. The van der Waals surface area contributed by atoms with Crippen molar-refractivity contribution in [3.63, 3.8) is 0 Å². The molecule has 0 aromatic heterocycles. The number of benzene rings is 1. The molecule has 1 heterocycles. The van der Waals surface area contributed by atoms with Gasteiger partial charge in [-0.15, -0.1) is 0 Å². The van der Waals surface area contributed by atoms with Crippen LogP contribution in [0.3, 0.4) is 0 Å². The number of rotatable bonds is 4. The molecule has 1 atom stereocenters. The highest BCUT2D eigenvalue weighted by atomic mass is 16.6. The molecule has 0 bridgehead atoms. The molecule has 0 N–H and O–H groups in total. The second-order valence-electron chi connectivity index (χ2n) is 3.27. The van der Waals surface area contributed by atoms with Crippen molar-refractivity contribution in [2.24, 2.45) is 0 Å². The number of ketones is 1. The largest absolute Gasteiger partial charge is 0.365 e. The summed E-state index contributed by atoms with van der Waals surface area (Å²) in [5.41, 5.74) is 1.22. The van der Waals surface area contributed by atoms with E-state index in [1.54, 1.807) is 0 Å². The van der Waals surface area contributed by atoms with Gasteiger partial charge in [0.2, 0.25) is 0 Å². The summed E-state index contributed by atoms with van der Waals surface area (Å²) < 4.78 is 4.91. The number of hydrogen-bond donors (Lipinski definition) is 0. The molecule has 1 aliphatic rings. The van der Waals surface area contributed by atoms with Gasteiger partial charge in [0, 0.05) is 6.42 Å². The third kappa shape index (κ3) is 2.39. The van der Waals surface area contributed by atoms with Crippen LogP contribution >= 0.6 is 0 Å². The molecule has 1 saturated heterocycles. The van der Waals surface area contributed by atoms with Gasteiger partial charge in [-0.2, -0.15) is 0 Å². The smallest absolute Gasteiger partial charge is 0.164 e. The number of carbonyl (C=O) groups excluding carboxylic acids is 1. The van der Waals surface area contributed by atoms with Crippen molar-refractivity contribution in [3.8, 4) is 0 Å². The number of aryl methyl sites for hydroxylation is 1. The fourth-order valence-electron chi connectivity index (χ4n) is 1.31. The number of ether oxygens (including phenoxy) is 1. The molecule has 0 spiro atoms. The van der Waals surface area contributed by atoms with Gasteiger partial charge in [0.1, 0.15) is 6.10 Å². The second-order valence-corrected chi connectivity index (χ2v) is 3.27. The van der Waals surface area contributed by atoms with Crippen molar-refractivity contribution in [2.45, 2.75) is 18.9 Å². The van der Waals surface area contributed by atoms with Crippen LogP contribution in [0.1, 0.15) is 12.0 Å². The number of Topliss-reactive ketones (excluding diaryl/α,β-unsaturated/α-hetero) is 1. The average Bonchev–Trinajstić information content (AvgIpc) is 2.99. The third-order valence-electron chi connectivity index (χ3n) is 2.20. The molecule has 1 fully saturated rings. The van der Waals surface area contributed by atoms with Gasteiger partial charge in [-0.05, 0) is 12.0 Å². The predicted octanol–water partition coefficient (Wildman–Crippen LogP) is 1.59. The lowest BCUT2D eigenvalue weighted by Crippen LogP contribution is -2.07. The van der Waals surface area contributed by atoms with E-state index in [0.717, 1.165) is 6.42 Å². The molecule has 0 aliphatic carbocycles. The van der Waals surface area contributed by atoms with Gasteiger partial charge >= 0.3 is 0 Å². The van der Waals surface area contributed by atoms with Crippen molar-refractivity contribution in [1.29, 1.82) is 0 Å². The molecule has 2 heteroatoms. The van der Waals surface area contributed by atoms with Crippen molar-refractivity contribution in [2.75, 3.05) is 6.61 Å². The zero-order valence-corrected chi connectivity index (χ0v) is 7.40. The van der Waals surface area contributed by atoms with Crippen LogP contribution in [0.15, 0.2) is 30.3 Å². The van der Waals surface area contributed by atoms with Gasteiger partial charge in [0.15, 0.2) is 5.78 Å². The molecule has 0 radical (unpaired) electrons. The van der Waals surface area contributed by atoms with Crippen LogP contribution in [-0.2, 0) is 16.0 Å². The lowest BCUT2D eigenvalue weighted by Gasteiger charge is -1.98. The first-order chi connectivity index (χ1) is 6.36. The Morgan fingerprint density at radius 2 is 2.08 bits per heavy atom. The summed E-state index contributed by atoms with van der Waals surface area (Å²) in [6, 6.07) is 10.1. The van der Waals surface area contributed by atoms with E-state index in [1.807, 2.05) is 30.3 Å². The van der Waals surface area contributed by atoms with Crippen LogP contribution in [-0.4, -0.2) is 18.5 Å². The molecule has 68 valence electrons. The van der Waals surface area contributed by atoms with E-state index in [-0.39, 0.29) is 11.9 Å². The van der Waals surface area contributed by atoms with Crippen LogP contribution in [0.2, 0.25) is 0 Å². The first kappa shape index (κ1) is 8.45. The molecule has 1 aromatic carbocycles. The highest BCUT2D eigenvalue weighted by molar-refractivity contribution is 5.85. The Morgan fingerprint density at radius 3 is 2.69 bits per heavy atom. The predicted molar refractivity (Wildman–Crippen MR) is 49.5 cm³/mol. The van der Waals surface area contributed by atoms with E-state index >= 15 is 0 Å². The molecular weight excluding hydrogens is 164 g/mol. The quantitative estimate of drug-likeness (QED) is 0.652. The summed E-state index contributed by atoms with van der Waals surface area (Å²) in [5.74, 6) is 0.240. The maximum atomic E-state index is 11.3. The second kappa shape index (κ2) is 3.71. The number of carbonyl (C=O) groups is 1. The maximum absolute atomic E-state index is 11.3. The van der Waals surface area contributed by atoms with Crippen molar-refractivity contribution in [1.82, 2.24) is 0 Å². The lowest BCUT2D eigenvalue weighted by atomic mass is 10.1. The van der Waals surface area contributed by atoms with E-state index in [2.05, 4.69) is 0 Å². The molecule has 1 aliphatic heterocycles. The highest BCUT2D eigenvalue weighted by Gasteiger charge is 2.30. The Bertz CT molecular complexity index is 288. The van der Waals surface area contributed by atoms with E-state index in [1.165, 1.54) is 5.56 Å². The fraction of sp³-hybridized carbons (Fsp3) is 0.364. The zero-order valence-electron chi connectivity index (χ0n) is 7.40. The Kier molecular flexibility index (Phi) is 2.41. The van der Waals surface area contributed by atoms with Gasteiger partial charge in [-0.3, -0.25) is 4.79 Å². The van der Waals surface area contributed by atoms with E-state index in [0.29, 0.717) is 13.0 Å². The van der Waals surface area contributed by atoms with E-state index in [9.17, 15) is 4.79 Å². The topological polar surface area (TPSA) is 29.6 Å². The standard InChI is InChI=1S/C11H12O2/c12-10(11-8-13-11)7-6-9-4-2-1-3-5-9/h1-5,11H,6-8H2. The van der Waals surface area contributed by atoms with Crippen LogP contribution in [0.25, 0.3) is 0 Å². The maximum Gasteiger partial charge on any atom is 0.164 e. The molecular formula is C11H12O2. The molecule has 13 heavy (non-hydrogen) atoms. The first-order valence-electron chi connectivity index (χ1n) is 4.54. The minimum Gasteiger partial charge on any atom is -0.365 e. The van der Waals surface area contributed by atoms with Gasteiger partial charge < -0.3 is 4.74 Å². The zero-order chi connectivity index (χ0) is 9.10. The van der Waals surface area contributed by atoms with Crippen LogP contribution in [0, 0.1) is 0 Å². The molecule has 1 unspecified atom stereocenters. The summed E-state index contributed by atoms with van der Waals surface area (Å²) in [7, 11) is 0. The minimum absolute atomic E-state index is 0.0799. The summed E-state index contributed by atoms with van der Waals surface area (Å²) in [4.78, 5) is 11.3. The van der Waals surface area contributed by atoms with E-state index in [4.69, 9.17) is 4.74 Å². The lowest BCUT2D eigenvalue weighted by molar-refractivity contribution is -0.120. The molecule has 0 amide bonds. The number of epoxide rings is 1. The van der Waals surface area contributed by atoms with Crippen molar-refractivity contribution >= 4 is 5.78 Å². The van der Waals surface area contributed by atoms with Crippen molar-refractivity contribution < 1.29 is 9.53 Å². The number of hydrogen-bond acceptors (Lipinski definition) is 2. The Labute approximate surface area is 77.5 Å². The normalized spacial score (nSPS) is 19.8. The molecule has 2 rings (SSSR count). The Balaban J connectivity index is 1.82. The van der Waals surface area contributed by atoms with Gasteiger partial charge in [0.05, 0.1) is 6.61 Å². The summed E-state index contributed by atoms with van der Waals surface area (Å²) in [6.45, 7) is 0.633. The van der Waals surface area contributed by atoms with Crippen LogP contribution in [0.5, 0.6) is 0 Å². The van der Waals surface area contributed by atoms with Crippen molar-refractivity contribution in [3.05, 3.63) is 35.9 Å². The first-order valence-corrected chi connectivity index (χ1v) is 4.54. The van der Waals surface area contributed by atoms with Gasteiger partial charge in [-0.25, -0.2) is 0 Å². The van der Waals surface area contributed by atoms with Crippen LogP contribution < -0.4 is 0 Å². The summed E-state index contributed by atoms with van der Waals surface area (Å²) in [5, 5.41) is 0. The molecule has 0 saturated carbocycles. The Hall–Kier alpha value is -1.15. The summed E-state index contributed by atoms with van der Waals surface area (Å²) in [6.07, 6.45) is 1.36. The fourth-order valence-corrected chi connectivity index (χ4v) is 1.31. The minimum atomic E-state index is -0.0799. The SMILES string of the molecule is O=C(CCc1ccccc1)C1CO1. The molecule has 2 nitrogen and oxygen atoms in total. The van der Waals surface area contributed by atoms with Crippen LogP contribution in [0.4, 0.5) is 0 Å². The van der Waals surface area contributed by atoms with E-state index < -0.39 is 0 Å². The monoisotopic (exact) mass is 176 g/mol. The van der Waals surface area contributed by atoms with Gasteiger partial charge in [0.25, 0.3) is 0 Å².